The lowest BCUT2D eigenvalue weighted by atomic mass is 10.0. The Morgan fingerprint density at radius 1 is 1.14 bits per heavy atom. The summed E-state index contributed by atoms with van der Waals surface area (Å²) >= 11 is 6.32. The standard InChI is InChI=1S/C22H22ClN3O3/c1-22(2,3)29-21(28)25-13-12-17(25)19-24-16-11-7-10-15(23)18(16)20(27)26(19)14-8-5-4-6-9-14/h4-11,17H,12-13H2,1-3H3. The van der Waals surface area contributed by atoms with E-state index in [9.17, 15) is 9.59 Å². The third kappa shape index (κ3) is 3.60. The molecule has 1 atom stereocenters. The minimum atomic E-state index is -0.597. The van der Waals surface area contributed by atoms with Crippen LogP contribution in [-0.4, -0.2) is 32.7 Å². The summed E-state index contributed by atoms with van der Waals surface area (Å²) in [6, 6.07) is 14.1. The summed E-state index contributed by atoms with van der Waals surface area (Å²) < 4.78 is 7.08. The third-order valence-corrected chi connectivity index (χ3v) is 5.15. The number of benzene rings is 2. The molecule has 1 unspecified atom stereocenters. The molecule has 0 saturated carbocycles. The smallest absolute Gasteiger partial charge is 0.410 e. The van der Waals surface area contributed by atoms with Crippen molar-refractivity contribution in [1.29, 1.82) is 0 Å². The Balaban J connectivity index is 1.88. The normalized spacial score (nSPS) is 16.6. The molecular formula is C22H22ClN3O3. The number of aromatic nitrogens is 2. The van der Waals surface area contributed by atoms with E-state index in [1.165, 1.54) is 0 Å². The van der Waals surface area contributed by atoms with Gasteiger partial charge in [0.2, 0.25) is 0 Å². The molecular weight excluding hydrogens is 390 g/mol. The molecule has 1 aromatic heterocycles. The van der Waals surface area contributed by atoms with Crippen LogP contribution < -0.4 is 5.56 Å². The van der Waals surface area contributed by atoms with Gasteiger partial charge in [0.05, 0.1) is 27.7 Å². The summed E-state index contributed by atoms with van der Waals surface area (Å²) in [5.41, 5.74) is 0.345. The predicted octanol–water partition coefficient (Wildman–Crippen LogP) is 4.72. The van der Waals surface area contributed by atoms with Gasteiger partial charge in [0.15, 0.2) is 0 Å². The van der Waals surface area contributed by atoms with Gasteiger partial charge in [-0.2, -0.15) is 0 Å². The molecule has 4 rings (SSSR count). The van der Waals surface area contributed by atoms with E-state index in [2.05, 4.69) is 0 Å². The fourth-order valence-electron chi connectivity index (χ4n) is 3.45. The molecule has 2 heterocycles. The van der Waals surface area contributed by atoms with Gasteiger partial charge in [-0.25, -0.2) is 9.78 Å². The number of hydrogen-bond acceptors (Lipinski definition) is 4. The van der Waals surface area contributed by atoms with Crippen LogP contribution >= 0.6 is 11.6 Å². The van der Waals surface area contributed by atoms with Crippen LogP contribution in [0.25, 0.3) is 16.6 Å². The molecule has 0 N–H and O–H groups in total. The van der Waals surface area contributed by atoms with E-state index in [1.807, 2.05) is 51.1 Å². The van der Waals surface area contributed by atoms with Gasteiger partial charge >= 0.3 is 6.09 Å². The summed E-state index contributed by atoms with van der Waals surface area (Å²) in [5, 5.41) is 0.721. The van der Waals surface area contributed by atoms with Crippen molar-refractivity contribution < 1.29 is 9.53 Å². The molecule has 3 aromatic rings. The van der Waals surface area contributed by atoms with Crippen molar-refractivity contribution in [3.05, 3.63) is 69.7 Å². The van der Waals surface area contributed by atoms with E-state index in [0.717, 1.165) is 0 Å². The first-order valence-electron chi connectivity index (χ1n) is 9.52. The number of hydrogen-bond donors (Lipinski definition) is 0. The Hall–Kier alpha value is -2.86. The van der Waals surface area contributed by atoms with E-state index in [0.29, 0.717) is 40.4 Å². The fraction of sp³-hybridized carbons (Fsp3) is 0.318. The van der Waals surface area contributed by atoms with Gasteiger partial charge in [0, 0.05) is 6.54 Å². The van der Waals surface area contributed by atoms with Gasteiger partial charge in [-0.1, -0.05) is 35.9 Å². The number of para-hydroxylation sites is 1. The minimum absolute atomic E-state index is 0.252. The Morgan fingerprint density at radius 3 is 2.48 bits per heavy atom. The molecule has 0 aliphatic carbocycles. The molecule has 0 spiro atoms. The monoisotopic (exact) mass is 411 g/mol. The Labute approximate surface area is 173 Å². The maximum atomic E-state index is 13.4. The van der Waals surface area contributed by atoms with Crippen molar-refractivity contribution in [2.24, 2.45) is 0 Å². The first kappa shape index (κ1) is 19.5. The van der Waals surface area contributed by atoms with Crippen LogP contribution in [0.2, 0.25) is 5.02 Å². The van der Waals surface area contributed by atoms with Gasteiger partial charge in [-0.05, 0) is 51.5 Å². The zero-order valence-electron chi connectivity index (χ0n) is 16.6. The van der Waals surface area contributed by atoms with E-state index in [1.54, 1.807) is 27.7 Å². The maximum Gasteiger partial charge on any atom is 0.410 e. The van der Waals surface area contributed by atoms with Crippen LogP contribution in [0, 0.1) is 0 Å². The van der Waals surface area contributed by atoms with E-state index in [-0.39, 0.29) is 11.6 Å². The van der Waals surface area contributed by atoms with Crippen LogP contribution in [0.4, 0.5) is 4.79 Å². The Morgan fingerprint density at radius 2 is 1.86 bits per heavy atom. The summed E-state index contributed by atoms with van der Waals surface area (Å²) in [6.45, 7) is 6.04. The molecule has 1 aliphatic rings. The highest BCUT2D eigenvalue weighted by Crippen LogP contribution is 2.35. The number of carbonyl (C=O) groups is 1. The second-order valence-electron chi connectivity index (χ2n) is 8.06. The number of nitrogens with zero attached hydrogens (tertiary/aromatic N) is 3. The zero-order valence-corrected chi connectivity index (χ0v) is 17.3. The lowest BCUT2D eigenvalue weighted by Gasteiger charge is -2.41. The van der Waals surface area contributed by atoms with Crippen molar-refractivity contribution in [2.45, 2.75) is 38.8 Å². The van der Waals surface area contributed by atoms with Crippen LogP contribution in [0.1, 0.15) is 39.1 Å². The highest BCUT2D eigenvalue weighted by atomic mass is 35.5. The van der Waals surface area contributed by atoms with Crippen molar-refractivity contribution in [3.8, 4) is 5.69 Å². The van der Waals surface area contributed by atoms with Crippen molar-refractivity contribution in [3.63, 3.8) is 0 Å². The number of carbonyl (C=O) groups excluding carboxylic acids is 1. The van der Waals surface area contributed by atoms with Gasteiger partial charge in [-0.15, -0.1) is 0 Å². The zero-order chi connectivity index (χ0) is 20.8. The summed E-state index contributed by atoms with van der Waals surface area (Å²) in [5.74, 6) is 0.507. The van der Waals surface area contributed by atoms with Gasteiger partial charge in [0.25, 0.3) is 5.56 Å². The third-order valence-electron chi connectivity index (χ3n) is 4.83. The van der Waals surface area contributed by atoms with E-state index >= 15 is 0 Å². The summed E-state index contributed by atoms with van der Waals surface area (Å²) in [6.07, 6.45) is 0.290. The molecule has 0 bridgehead atoms. The Kier molecular flexibility index (Phi) is 4.82. The molecule has 1 aliphatic heterocycles. The van der Waals surface area contributed by atoms with Crippen molar-refractivity contribution in [2.75, 3.05) is 6.54 Å². The van der Waals surface area contributed by atoms with Crippen molar-refractivity contribution in [1.82, 2.24) is 14.5 Å². The van der Waals surface area contributed by atoms with E-state index in [4.69, 9.17) is 21.3 Å². The molecule has 0 radical (unpaired) electrons. The topological polar surface area (TPSA) is 64.4 Å². The van der Waals surface area contributed by atoms with Crippen LogP contribution in [0.15, 0.2) is 53.3 Å². The lowest BCUT2D eigenvalue weighted by molar-refractivity contribution is -0.00780. The fourth-order valence-corrected chi connectivity index (χ4v) is 3.70. The first-order chi connectivity index (χ1) is 13.8. The van der Waals surface area contributed by atoms with Crippen molar-refractivity contribution >= 4 is 28.6 Å². The maximum absolute atomic E-state index is 13.4. The second-order valence-corrected chi connectivity index (χ2v) is 8.47. The van der Waals surface area contributed by atoms with Crippen LogP contribution in [0.5, 0.6) is 0 Å². The Bertz CT molecular complexity index is 1140. The summed E-state index contributed by atoms with van der Waals surface area (Å²) in [7, 11) is 0. The highest BCUT2D eigenvalue weighted by Gasteiger charge is 2.39. The van der Waals surface area contributed by atoms with Crippen LogP contribution in [0.3, 0.4) is 0 Å². The quantitative estimate of drug-likeness (QED) is 0.612. The number of likely N-dealkylation sites (tertiary alicyclic amines) is 1. The number of amides is 1. The lowest BCUT2D eigenvalue weighted by Crippen LogP contribution is -2.49. The SMILES string of the molecule is CC(C)(C)OC(=O)N1CCC1c1nc2cccc(Cl)c2c(=O)n1-c1ccccc1. The first-order valence-corrected chi connectivity index (χ1v) is 9.90. The van der Waals surface area contributed by atoms with E-state index < -0.39 is 11.7 Å². The molecule has 2 aromatic carbocycles. The van der Waals surface area contributed by atoms with Crippen LogP contribution in [-0.2, 0) is 4.74 Å². The van der Waals surface area contributed by atoms with Gasteiger partial charge in [0.1, 0.15) is 11.4 Å². The highest BCUT2D eigenvalue weighted by molar-refractivity contribution is 6.35. The second kappa shape index (κ2) is 7.19. The number of rotatable bonds is 2. The molecule has 1 amide bonds. The molecule has 29 heavy (non-hydrogen) atoms. The van der Waals surface area contributed by atoms with Gasteiger partial charge in [-0.3, -0.25) is 14.3 Å². The molecule has 1 saturated heterocycles. The average molecular weight is 412 g/mol. The summed E-state index contributed by atoms with van der Waals surface area (Å²) in [4.78, 5) is 32.4. The molecule has 7 heteroatoms. The van der Waals surface area contributed by atoms with Gasteiger partial charge < -0.3 is 4.74 Å². The average Bonchev–Trinajstić information content (AvgIpc) is 2.60. The predicted molar refractivity (Wildman–Crippen MR) is 113 cm³/mol. The number of fused-ring (bicyclic) bond motifs is 1. The number of ether oxygens (including phenoxy) is 1. The largest absolute Gasteiger partial charge is 0.444 e. The molecule has 150 valence electrons. The number of halogens is 1. The minimum Gasteiger partial charge on any atom is -0.444 e. The molecule has 1 fully saturated rings. The molecule has 6 nitrogen and oxygen atoms in total.